The monoisotopic (exact) mass is 390 g/mol. The number of fused-ring (bicyclic) bond motifs is 1. The van der Waals surface area contributed by atoms with E-state index in [4.69, 9.17) is 4.74 Å². The molecule has 0 saturated carbocycles. The van der Waals surface area contributed by atoms with Crippen LogP contribution < -0.4 is 5.32 Å². The van der Waals surface area contributed by atoms with Crippen LogP contribution in [0, 0.1) is 0 Å². The van der Waals surface area contributed by atoms with Crippen molar-refractivity contribution < 1.29 is 14.3 Å². The number of carbonyl (C=O) groups is 2. The number of esters is 1. The number of imidazole rings is 1. The zero-order valence-corrected chi connectivity index (χ0v) is 15.9. The van der Waals surface area contributed by atoms with E-state index in [2.05, 4.69) is 20.4 Å². The molecule has 1 aromatic carbocycles. The predicted octanol–water partition coefficient (Wildman–Crippen LogP) is 2.56. The normalized spacial score (nSPS) is 10.8. The minimum Gasteiger partial charge on any atom is -0.462 e. The van der Waals surface area contributed by atoms with Crippen molar-refractivity contribution >= 4 is 23.5 Å². The van der Waals surface area contributed by atoms with Gasteiger partial charge in [0.1, 0.15) is 17.1 Å². The van der Waals surface area contributed by atoms with E-state index in [0.29, 0.717) is 11.6 Å². The molecular weight excluding hydrogens is 372 g/mol. The molecule has 0 saturated heterocycles. The smallest absolute Gasteiger partial charge is 0.342 e. The van der Waals surface area contributed by atoms with Crippen molar-refractivity contribution in [1.29, 1.82) is 0 Å². The summed E-state index contributed by atoms with van der Waals surface area (Å²) in [4.78, 5) is 33.7. The highest BCUT2D eigenvalue weighted by Crippen LogP contribution is 2.19. The Labute approximate surface area is 166 Å². The Hall–Kier alpha value is -4.01. The van der Waals surface area contributed by atoms with Gasteiger partial charge in [-0.25, -0.2) is 9.78 Å². The number of amides is 1. The zero-order chi connectivity index (χ0) is 20.4. The molecule has 0 atom stereocenters. The van der Waals surface area contributed by atoms with E-state index in [9.17, 15) is 9.59 Å². The Kier molecular flexibility index (Phi) is 4.78. The number of benzene rings is 1. The van der Waals surface area contributed by atoms with E-state index in [-0.39, 0.29) is 17.9 Å². The first-order valence-corrected chi connectivity index (χ1v) is 8.98. The molecule has 0 aliphatic rings. The van der Waals surface area contributed by atoms with Crippen LogP contribution in [0.1, 0.15) is 27.8 Å². The van der Waals surface area contributed by atoms with Crippen LogP contribution in [0.25, 0.3) is 17.0 Å². The topological polar surface area (TPSA) is 103 Å². The highest BCUT2D eigenvalue weighted by molar-refractivity contribution is 6.09. The third kappa shape index (κ3) is 3.57. The van der Waals surface area contributed by atoms with E-state index < -0.39 is 11.9 Å². The molecule has 0 aliphatic heterocycles. The fraction of sp³-hybridized carbons (Fsp3) is 0.150. The number of ether oxygens (including phenoxy) is 1. The Morgan fingerprint density at radius 2 is 1.93 bits per heavy atom. The molecular formula is C20H18N6O3. The minimum absolute atomic E-state index is 0.0958. The first-order chi connectivity index (χ1) is 14.1. The highest BCUT2D eigenvalue weighted by Gasteiger charge is 2.23. The third-order valence-corrected chi connectivity index (χ3v) is 4.29. The maximum Gasteiger partial charge on any atom is 0.342 e. The molecule has 9 heteroatoms. The van der Waals surface area contributed by atoms with Crippen LogP contribution in [-0.4, -0.2) is 42.6 Å². The second-order valence-electron chi connectivity index (χ2n) is 6.22. The fourth-order valence-corrected chi connectivity index (χ4v) is 2.93. The van der Waals surface area contributed by atoms with Crippen molar-refractivity contribution in [1.82, 2.24) is 24.1 Å². The SMILES string of the molecule is CCOC(=O)c1cnn(C)c1C(=O)Nc1ccn2cc(-c3ccccc3)nc2n1. The van der Waals surface area contributed by atoms with E-state index in [1.165, 1.54) is 10.9 Å². The van der Waals surface area contributed by atoms with Crippen molar-refractivity contribution in [3.05, 3.63) is 66.2 Å². The molecule has 0 unspecified atom stereocenters. The van der Waals surface area contributed by atoms with Gasteiger partial charge in [0, 0.05) is 25.0 Å². The number of anilines is 1. The van der Waals surface area contributed by atoms with Gasteiger partial charge in [0.05, 0.1) is 18.5 Å². The number of hydrogen-bond donors (Lipinski definition) is 1. The number of nitrogens with zero attached hydrogens (tertiary/aromatic N) is 5. The molecule has 29 heavy (non-hydrogen) atoms. The van der Waals surface area contributed by atoms with Gasteiger partial charge >= 0.3 is 5.97 Å². The zero-order valence-electron chi connectivity index (χ0n) is 15.9. The second-order valence-corrected chi connectivity index (χ2v) is 6.22. The molecule has 0 aliphatic carbocycles. The average molecular weight is 390 g/mol. The van der Waals surface area contributed by atoms with Gasteiger partial charge in [-0.3, -0.25) is 13.9 Å². The first-order valence-electron chi connectivity index (χ1n) is 8.98. The minimum atomic E-state index is -0.602. The lowest BCUT2D eigenvalue weighted by molar-refractivity contribution is 0.0523. The van der Waals surface area contributed by atoms with Crippen LogP contribution >= 0.6 is 0 Å². The standard InChI is InChI=1S/C20H18N6O3/c1-3-29-19(28)14-11-21-25(2)17(14)18(27)23-16-9-10-26-12-15(22-20(26)24-16)13-7-5-4-6-8-13/h4-12H,3H2,1-2H3,(H,22,23,24,27). The van der Waals surface area contributed by atoms with Crippen molar-refractivity contribution in [2.75, 3.05) is 11.9 Å². The molecule has 0 spiro atoms. The molecule has 9 nitrogen and oxygen atoms in total. The number of aryl methyl sites for hydroxylation is 1. The number of hydrogen-bond acceptors (Lipinski definition) is 6. The van der Waals surface area contributed by atoms with Gasteiger partial charge in [0.25, 0.3) is 5.91 Å². The van der Waals surface area contributed by atoms with Crippen LogP contribution in [-0.2, 0) is 11.8 Å². The van der Waals surface area contributed by atoms with Crippen molar-refractivity contribution in [2.45, 2.75) is 6.92 Å². The van der Waals surface area contributed by atoms with Gasteiger partial charge in [-0.1, -0.05) is 30.3 Å². The lowest BCUT2D eigenvalue weighted by atomic mass is 10.2. The third-order valence-electron chi connectivity index (χ3n) is 4.29. The van der Waals surface area contributed by atoms with Crippen LogP contribution in [0.2, 0.25) is 0 Å². The summed E-state index contributed by atoms with van der Waals surface area (Å²) in [5.41, 5.74) is 1.94. The summed E-state index contributed by atoms with van der Waals surface area (Å²) in [6.07, 6.45) is 4.93. The van der Waals surface area contributed by atoms with Crippen molar-refractivity contribution in [3.8, 4) is 11.3 Å². The van der Waals surface area contributed by atoms with Gasteiger partial charge in [-0.05, 0) is 13.0 Å². The van der Waals surface area contributed by atoms with Gasteiger partial charge in [0.15, 0.2) is 0 Å². The van der Waals surface area contributed by atoms with Crippen LogP contribution in [0.15, 0.2) is 55.0 Å². The predicted molar refractivity (Wildman–Crippen MR) is 106 cm³/mol. The lowest BCUT2D eigenvalue weighted by Gasteiger charge is -2.07. The number of carbonyl (C=O) groups excluding carboxylic acids is 2. The summed E-state index contributed by atoms with van der Waals surface area (Å²) in [5.74, 6) is -0.365. The molecule has 1 amide bonds. The molecule has 1 N–H and O–H groups in total. The summed E-state index contributed by atoms with van der Waals surface area (Å²) < 4.78 is 8.08. The molecule has 0 bridgehead atoms. The van der Waals surface area contributed by atoms with Crippen molar-refractivity contribution in [3.63, 3.8) is 0 Å². The number of aromatic nitrogens is 5. The Balaban J connectivity index is 1.61. The van der Waals surface area contributed by atoms with E-state index in [1.807, 2.05) is 36.5 Å². The highest BCUT2D eigenvalue weighted by atomic mass is 16.5. The van der Waals surface area contributed by atoms with Gasteiger partial charge in [0.2, 0.25) is 5.78 Å². The van der Waals surface area contributed by atoms with Crippen LogP contribution in [0.4, 0.5) is 5.82 Å². The Bertz CT molecular complexity index is 1200. The van der Waals surface area contributed by atoms with Gasteiger partial charge in [-0.15, -0.1) is 0 Å². The van der Waals surface area contributed by atoms with Crippen LogP contribution in [0.5, 0.6) is 0 Å². The maximum atomic E-state index is 12.7. The van der Waals surface area contributed by atoms with Gasteiger partial charge in [-0.2, -0.15) is 10.1 Å². The van der Waals surface area contributed by atoms with E-state index in [1.54, 1.807) is 30.6 Å². The quantitative estimate of drug-likeness (QED) is 0.525. The summed E-state index contributed by atoms with van der Waals surface area (Å²) in [6, 6.07) is 11.4. The Morgan fingerprint density at radius 3 is 2.69 bits per heavy atom. The molecule has 3 aromatic heterocycles. The summed E-state index contributed by atoms with van der Waals surface area (Å²) in [6.45, 7) is 1.90. The molecule has 0 fully saturated rings. The second kappa shape index (κ2) is 7.55. The Morgan fingerprint density at radius 1 is 1.14 bits per heavy atom. The maximum absolute atomic E-state index is 12.7. The number of nitrogens with one attached hydrogen (secondary N) is 1. The molecule has 0 radical (unpaired) electrons. The fourth-order valence-electron chi connectivity index (χ4n) is 2.93. The van der Waals surface area contributed by atoms with Crippen LogP contribution in [0.3, 0.4) is 0 Å². The molecule has 146 valence electrons. The largest absolute Gasteiger partial charge is 0.462 e. The molecule has 3 heterocycles. The first kappa shape index (κ1) is 18.4. The number of rotatable bonds is 5. The van der Waals surface area contributed by atoms with E-state index >= 15 is 0 Å². The molecule has 4 rings (SSSR count). The van der Waals surface area contributed by atoms with Gasteiger partial charge < -0.3 is 10.1 Å². The average Bonchev–Trinajstić information content (AvgIpc) is 3.32. The van der Waals surface area contributed by atoms with E-state index in [0.717, 1.165) is 11.3 Å². The summed E-state index contributed by atoms with van der Waals surface area (Å²) in [7, 11) is 1.58. The van der Waals surface area contributed by atoms with Crippen molar-refractivity contribution in [2.24, 2.45) is 7.05 Å². The summed E-state index contributed by atoms with van der Waals surface area (Å²) >= 11 is 0. The lowest BCUT2D eigenvalue weighted by Crippen LogP contribution is -2.20. The molecule has 4 aromatic rings. The summed E-state index contributed by atoms with van der Waals surface area (Å²) in [5, 5.41) is 6.68.